The molecular weight excluding hydrogens is 373 g/mol. The molecule has 0 radical (unpaired) electrons. The molecule has 0 bridgehead atoms. The van der Waals surface area contributed by atoms with Gasteiger partial charge in [-0.2, -0.15) is 0 Å². The molecule has 0 saturated carbocycles. The van der Waals surface area contributed by atoms with Crippen LogP contribution in [0.5, 0.6) is 0 Å². The monoisotopic (exact) mass is 401 g/mol. The Balaban J connectivity index is 2.46. The maximum Gasteiger partial charge on any atom is 0.412 e. The van der Waals surface area contributed by atoms with E-state index in [4.69, 9.17) is 10.5 Å². The minimum absolute atomic E-state index is 0.0741. The van der Waals surface area contributed by atoms with Crippen molar-refractivity contribution < 1.29 is 18.7 Å². The van der Waals surface area contributed by atoms with Gasteiger partial charge in [0.15, 0.2) is 0 Å². The predicted molar refractivity (Wildman–Crippen MR) is 109 cm³/mol. The minimum atomic E-state index is -0.728. The van der Waals surface area contributed by atoms with Gasteiger partial charge in [0.25, 0.3) is 0 Å². The van der Waals surface area contributed by atoms with E-state index >= 15 is 0 Å². The van der Waals surface area contributed by atoms with Crippen LogP contribution in [-0.4, -0.2) is 28.5 Å². The number of carbonyl (C=O) groups is 2. The van der Waals surface area contributed by atoms with Crippen LogP contribution in [0.1, 0.15) is 45.0 Å². The summed E-state index contributed by atoms with van der Waals surface area (Å²) in [7, 11) is 0. The first kappa shape index (κ1) is 22.4. The molecule has 29 heavy (non-hydrogen) atoms. The van der Waals surface area contributed by atoms with Gasteiger partial charge in [0, 0.05) is 0 Å². The van der Waals surface area contributed by atoms with Crippen LogP contribution in [0.2, 0.25) is 0 Å². The Morgan fingerprint density at radius 3 is 2.34 bits per heavy atom. The Kier molecular flexibility index (Phi) is 7.34. The van der Waals surface area contributed by atoms with Crippen molar-refractivity contribution >= 4 is 12.0 Å². The third kappa shape index (κ3) is 6.87. The number of ether oxygens (including phenoxy) is 1. The summed E-state index contributed by atoms with van der Waals surface area (Å²) in [4.78, 5) is 26.2. The van der Waals surface area contributed by atoms with Gasteiger partial charge in [-0.15, -0.1) is 0 Å². The van der Waals surface area contributed by atoms with E-state index in [0.29, 0.717) is 5.56 Å². The van der Waals surface area contributed by atoms with Gasteiger partial charge in [-0.25, -0.2) is 9.18 Å². The lowest BCUT2D eigenvalue weighted by atomic mass is 10.1. The van der Waals surface area contributed by atoms with Crippen molar-refractivity contribution in [3.8, 4) is 0 Å². The lowest BCUT2D eigenvalue weighted by Gasteiger charge is -2.35. The highest BCUT2D eigenvalue weighted by Crippen LogP contribution is 2.24. The van der Waals surface area contributed by atoms with Crippen LogP contribution in [0.15, 0.2) is 54.6 Å². The van der Waals surface area contributed by atoms with Gasteiger partial charge >= 0.3 is 6.09 Å². The van der Waals surface area contributed by atoms with E-state index in [-0.39, 0.29) is 6.54 Å². The van der Waals surface area contributed by atoms with Crippen molar-refractivity contribution in [2.75, 3.05) is 0 Å². The summed E-state index contributed by atoms with van der Waals surface area (Å²) >= 11 is 0. The highest BCUT2D eigenvalue weighted by molar-refractivity contribution is 5.79. The highest BCUT2D eigenvalue weighted by Gasteiger charge is 2.31. The zero-order chi connectivity index (χ0) is 21.6. The van der Waals surface area contributed by atoms with Gasteiger partial charge in [-0.05, 0) is 51.0 Å². The van der Waals surface area contributed by atoms with Crippen LogP contribution >= 0.6 is 0 Å². The average molecular weight is 401 g/mol. The third-order valence-electron chi connectivity index (χ3n) is 4.13. The molecule has 2 aromatic carbocycles. The predicted octanol–water partition coefficient (Wildman–Crippen LogP) is 3.73. The van der Waals surface area contributed by atoms with Crippen LogP contribution in [0.3, 0.4) is 0 Å². The van der Waals surface area contributed by atoms with Crippen molar-refractivity contribution in [2.24, 2.45) is 5.73 Å². The Morgan fingerprint density at radius 1 is 1.14 bits per heavy atom. The Bertz CT molecular complexity index is 837. The summed E-state index contributed by atoms with van der Waals surface area (Å²) in [5, 5.41) is 3.09. The van der Waals surface area contributed by atoms with Crippen molar-refractivity contribution in [3.05, 3.63) is 71.5 Å². The summed E-state index contributed by atoms with van der Waals surface area (Å²) in [6.07, 6.45) is -1.31. The largest absolute Gasteiger partial charge is 0.444 e. The molecule has 3 N–H and O–H groups in total. The summed E-state index contributed by atoms with van der Waals surface area (Å²) in [5.41, 5.74) is 6.03. The van der Waals surface area contributed by atoms with Gasteiger partial charge in [0.05, 0.1) is 12.6 Å². The van der Waals surface area contributed by atoms with E-state index in [1.165, 1.54) is 17.0 Å². The number of carbonyl (C=O) groups excluding carboxylic acids is 2. The molecule has 0 fully saturated rings. The van der Waals surface area contributed by atoms with E-state index in [9.17, 15) is 14.0 Å². The number of rotatable bonds is 7. The molecule has 2 aromatic rings. The number of nitrogens with one attached hydrogen (secondary N) is 1. The first-order valence-electron chi connectivity index (χ1n) is 9.41. The number of amides is 2. The van der Waals surface area contributed by atoms with Gasteiger partial charge < -0.3 is 10.5 Å². The molecule has 0 spiro atoms. The van der Waals surface area contributed by atoms with Crippen molar-refractivity contribution in [1.29, 1.82) is 0 Å². The number of benzene rings is 2. The molecule has 156 valence electrons. The lowest BCUT2D eigenvalue weighted by Crippen LogP contribution is -2.49. The quantitative estimate of drug-likeness (QED) is 0.693. The summed E-state index contributed by atoms with van der Waals surface area (Å²) in [6, 6.07) is 14.4. The molecule has 7 heteroatoms. The average Bonchev–Trinajstić information content (AvgIpc) is 2.63. The maximum absolute atomic E-state index is 13.7. The molecule has 2 unspecified atom stereocenters. The molecule has 0 aliphatic carbocycles. The zero-order valence-electron chi connectivity index (χ0n) is 17.2. The van der Waals surface area contributed by atoms with E-state index < -0.39 is 35.6 Å². The van der Waals surface area contributed by atoms with Crippen LogP contribution in [-0.2, 0) is 16.1 Å². The lowest BCUT2D eigenvalue weighted by molar-refractivity contribution is -0.120. The van der Waals surface area contributed by atoms with E-state index in [1.54, 1.807) is 39.8 Å². The molecule has 2 atom stereocenters. The van der Waals surface area contributed by atoms with E-state index in [1.807, 2.05) is 30.3 Å². The Labute approximate surface area is 170 Å². The smallest absolute Gasteiger partial charge is 0.412 e. The van der Waals surface area contributed by atoms with Gasteiger partial charge in [-0.1, -0.05) is 42.5 Å². The zero-order valence-corrected chi connectivity index (χ0v) is 17.2. The summed E-state index contributed by atoms with van der Waals surface area (Å²) in [6.45, 7) is 6.99. The number of hydrogen-bond acceptors (Lipinski definition) is 4. The fraction of sp³-hybridized carbons (Fsp3) is 0.364. The minimum Gasteiger partial charge on any atom is -0.444 e. The molecule has 0 saturated heterocycles. The number of halogens is 1. The number of nitrogens with two attached hydrogens (primary N) is 1. The van der Waals surface area contributed by atoms with Crippen LogP contribution in [0.4, 0.5) is 9.18 Å². The molecule has 2 amide bonds. The van der Waals surface area contributed by atoms with Crippen molar-refractivity contribution in [1.82, 2.24) is 10.2 Å². The second-order valence-electron chi connectivity index (χ2n) is 7.84. The third-order valence-corrected chi connectivity index (χ3v) is 4.13. The van der Waals surface area contributed by atoms with Crippen LogP contribution in [0, 0.1) is 5.82 Å². The fourth-order valence-electron chi connectivity index (χ4n) is 2.73. The number of primary amides is 1. The van der Waals surface area contributed by atoms with Crippen molar-refractivity contribution in [2.45, 2.75) is 52.0 Å². The number of nitrogens with zero attached hydrogens (tertiary/aromatic N) is 1. The maximum atomic E-state index is 13.7. The molecule has 0 aromatic heterocycles. The molecule has 0 heterocycles. The van der Waals surface area contributed by atoms with Crippen molar-refractivity contribution in [3.63, 3.8) is 0 Å². The van der Waals surface area contributed by atoms with E-state index in [2.05, 4.69) is 5.32 Å². The molecule has 6 nitrogen and oxygen atoms in total. The summed E-state index contributed by atoms with van der Waals surface area (Å²) in [5.74, 6) is -0.956. The molecule has 2 rings (SSSR count). The summed E-state index contributed by atoms with van der Waals surface area (Å²) < 4.78 is 19.3. The van der Waals surface area contributed by atoms with E-state index in [0.717, 1.165) is 5.56 Å². The SMILES string of the molecule is CC(NC(c1ccccc1)N(Cc1cccc(F)c1)C(=O)OC(C)(C)C)C(N)=O. The van der Waals surface area contributed by atoms with Gasteiger partial charge in [0.2, 0.25) is 5.91 Å². The molecule has 0 aliphatic rings. The molecule has 0 aliphatic heterocycles. The molecular formula is C22H28FN3O3. The standard InChI is InChI=1S/C22H28FN3O3/c1-15(19(24)27)25-20(17-10-6-5-7-11-17)26(21(28)29-22(2,3)4)14-16-9-8-12-18(23)13-16/h5-13,15,20,25H,14H2,1-4H3,(H2,24,27). The second kappa shape index (κ2) is 9.52. The number of hydrogen-bond donors (Lipinski definition) is 2. The first-order chi connectivity index (χ1) is 13.6. The topological polar surface area (TPSA) is 84.7 Å². The highest BCUT2D eigenvalue weighted by atomic mass is 19.1. The Hall–Kier alpha value is -2.93. The van der Waals surface area contributed by atoms with Crippen LogP contribution in [0.25, 0.3) is 0 Å². The van der Waals surface area contributed by atoms with Crippen LogP contribution < -0.4 is 11.1 Å². The second-order valence-corrected chi connectivity index (χ2v) is 7.84. The first-order valence-corrected chi connectivity index (χ1v) is 9.41. The normalized spacial score (nSPS) is 13.4. The Morgan fingerprint density at radius 2 is 1.79 bits per heavy atom. The van der Waals surface area contributed by atoms with Gasteiger partial charge in [0.1, 0.15) is 17.6 Å². The fourth-order valence-corrected chi connectivity index (χ4v) is 2.73. The van der Waals surface area contributed by atoms with Gasteiger partial charge in [-0.3, -0.25) is 15.0 Å².